The van der Waals surface area contributed by atoms with Gasteiger partial charge in [0.05, 0.1) is 5.02 Å². The highest BCUT2D eigenvalue weighted by molar-refractivity contribution is 6.33. The predicted octanol–water partition coefficient (Wildman–Crippen LogP) is 4.62. The van der Waals surface area contributed by atoms with E-state index in [2.05, 4.69) is 5.32 Å². The van der Waals surface area contributed by atoms with Crippen molar-refractivity contribution < 1.29 is 23.5 Å². The maximum atomic E-state index is 12.6. The maximum absolute atomic E-state index is 12.6. The van der Waals surface area contributed by atoms with Crippen LogP contribution in [0, 0.1) is 0 Å². The van der Waals surface area contributed by atoms with Crippen LogP contribution in [0.1, 0.15) is 31.4 Å². The summed E-state index contributed by atoms with van der Waals surface area (Å²) in [6.45, 7) is 3.70. The number of halogens is 1. The number of alkyl carbamates (subject to hydrolysis) is 1. The van der Waals surface area contributed by atoms with Crippen LogP contribution in [0.4, 0.5) is 4.79 Å². The number of amides is 1. The second-order valence-electron chi connectivity index (χ2n) is 6.81. The molecule has 0 unspecified atom stereocenters. The zero-order valence-corrected chi connectivity index (χ0v) is 17.9. The molecule has 1 amide bonds. The van der Waals surface area contributed by atoms with Crippen LogP contribution >= 0.6 is 11.6 Å². The third-order valence-electron chi connectivity index (χ3n) is 4.67. The third-order valence-corrected chi connectivity index (χ3v) is 4.97. The van der Waals surface area contributed by atoms with Gasteiger partial charge in [-0.3, -0.25) is 0 Å². The van der Waals surface area contributed by atoms with E-state index in [-0.39, 0.29) is 29.4 Å². The Hall–Kier alpha value is -3.32. The smallest absolute Gasteiger partial charge is 0.408 e. The van der Waals surface area contributed by atoms with Gasteiger partial charge < -0.3 is 19.2 Å². The standard InChI is InChI=1S/C23H22ClNO6/c1-3-15-10-21(26)30-19-12-20(17(24)11-16(15)19)31-22(27)18(4-2)25-23(28)29-13-14-8-6-5-7-9-14/h5-12,18H,3-4,13H2,1-2H3,(H,25,28)/t18-/m1/s1. The number of esters is 1. The van der Waals surface area contributed by atoms with Crippen molar-refractivity contribution >= 4 is 34.6 Å². The Kier molecular flexibility index (Phi) is 7.31. The second kappa shape index (κ2) is 10.1. The lowest BCUT2D eigenvalue weighted by atomic mass is 10.1. The minimum atomic E-state index is -0.941. The molecule has 3 aromatic rings. The molecule has 0 aliphatic rings. The lowest BCUT2D eigenvalue weighted by Crippen LogP contribution is -2.42. The van der Waals surface area contributed by atoms with Crippen LogP contribution in [-0.2, 0) is 22.6 Å². The monoisotopic (exact) mass is 443 g/mol. The van der Waals surface area contributed by atoms with Gasteiger partial charge in [0.15, 0.2) is 5.75 Å². The van der Waals surface area contributed by atoms with Gasteiger partial charge in [0.2, 0.25) is 0 Å². The van der Waals surface area contributed by atoms with Gasteiger partial charge in [-0.15, -0.1) is 0 Å². The number of hydrogen-bond donors (Lipinski definition) is 1. The molecule has 2 aromatic carbocycles. The van der Waals surface area contributed by atoms with Crippen molar-refractivity contribution in [1.29, 1.82) is 0 Å². The maximum Gasteiger partial charge on any atom is 0.408 e. The minimum absolute atomic E-state index is 0.0356. The van der Waals surface area contributed by atoms with Crippen molar-refractivity contribution in [3.8, 4) is 5.75 Å². The number of rotatable bonds is 7. The summed E-state index contributed by atoms with van der Waals surface area (Å²) >= 11 is 6.28. The quantitative estimate of drug-likeness (QED) is 0.325. The highest BCUT2D eigenvalue weighted by Gasteiger charge is 2.23. The summed E-state index contributed by atoms with van der Waals surface area (Å²) in [5.74, 6) is -0.678. The average Bonchev–Trinajstić information content (AvgIpc) is 2.77. The molecule has 0 fully saturated rings. The van der Waals surface area contributed by atoms with Gasteiger partial charge in [-0.2, -0.15) is 0 Å². The molecule has 0 saturated carbocycles. The topological polar surface area (TPSA) is 94.8 Å². The zero-order chi connectivity index (χ0) is 22.4. The Morgan fingerprint density at radius 2 is 1.87 bits per heavy atom. The van der Waals surface area contributed by atoms with Crippen molar-refractivity contribution in [1.82, 2.24) is 5.32 Å². The molecule has 1 N–H and O–H groups in total. The lowest BCUT2D eigenvalue weighted by molar-refractivity contribution is -0.136. The van der Waals surface area contributed by atoms with Crippen LogP contribution in [0.2, 0.25) is 5.02 Å². The summed E-state index contributed by atoms with van der Waals surface area (Å²) in [5.41, 5.74) is 1.36. The van der Waals surface area contributed by atoms with Crippen LogP contribution in [0.15, 0.2) is 57.7 Å². The molecule has 0 spiro atoms. The fraction of sp³-hybridized carbons (Fsp3) is 0.261. The molecule has 7 nitrogen and oxygen atoms in total. The SMILES string of the molecule is CCc1cc(=O)oc2cc(OC(=O)[C@@H](CC)NC(=O)OCc3ccccc3)c(Cl)cc12. The number of benzene rings is 2. The first-order chi connectivity index (χ1) is 14.9. The van der Waals surface area contributed by atoms with Crippen LogP contribution in [-0.4, -0.2) is 18.1 Å². The molecule has 1 aromatic heterocycles. The Morgan fingerprint density at radius 1 is 1.13 bits per heavy atom. The zero-order valence-electron chi connectivity index (χ0n) is 17.1. The largest absolute Gasteiger partial charge is 0.445 e. The summed E-state index contributed by atoms with van der Waals surface area (Å²) < 4.78 is 15.7. The fourth-order valence-corrected chi connectivity index (χ4v) is 3.22. The van der Waals surface area contributed by atoms with E-state index in [4.69, 9.17) is 25.5 Å². The van der Waals surface area contributed by atoms with Gasteiger partial charge in [0.25, 0.3) is 0 Å². The molecule has 162 valence electrons. The molecule has 1 atom stereocenters. The number of carbonyl (C=O) groups is 2. The first-order valence-electron chi connectivity index (χ1n) is 9.86. The molecule has 0 bridgehead atoms. The Balaban J connectivity index is 1.70. The van der Waals surface area contributed by atoms with E-state index in [1.165, 1.54) is 12.1 Å². The number of aryl methyl sites for hydroxylation is 1. The average molecular weight is 444 g/mol. The molecule has 31 heavy (non-hydrogen) atoms. The van der Waals surface area contributed by atoms with Crippen molar-refractivity contribution in [3.63, 3.8) is 0 Å². The Bertz CT molecular complexity index is 1140. The van der Waals surface area contributed by atoms with E-state index in [1.807, 2.05) is 37.3 Å². The van der Waals surface area contributed by atoms with E-state index in [9.17, 15) is 14.4 Å². The number of carbonyl (C=O) groups excluding carboxylic acids is 2. The van der Waals surface area contributed by atoms with Gasteiger partial charge >= 0.3 is 17.7 Å². The van der Waals surface area contributed by atoms with Crippen LogP contribution in [0.3, 0.4) is 0 Å². The first kappa shape index (κ1) is 22.4. The highest BCUT2D eigenvalue weighted by Crippen LogP contribution is 2.31. The van der Waals surface area contributed by atoms with Gasteiger partial charge in [-0.1, -0.05) is 55.8 Å². The summed E-state index contributed by atoms with van der Waals surface area (Å²) in [6, 6.07) is 12.6. The van der Waals surface area contributed by atoms with E-state index in [0.29, 0.717) is 11.8 Å². The predicted molar refractivity (Wildman–Crippen MR) is 116 cm³/mol. The summed E-state index contributed by atoms with van der Waals surface area (Å²) in [4.78, 5) is 36.4. The highest BCUT2D eigenvalue weighted by atomic mass is 35.5. The summed E-state index contributed by atoms with van der Waals surface area (Å²) in [5, 5.41) is 3.34. The van der Waals surface area contributed by atoms with E-state index < -0.39 is 23.7 Å². The third kappa shape index (κ3) is 5.64. The second-order valence-corrected chi connectivity index (χ2v) is 7.22. The van der Waals surface area contributed by atoms with Gasteiger partial charge in [-0.05, 0) is 30.0 Å². The molecule has 0 saturated heterocycles. The normalized spacial score (nSPS) is 11.7. The fourth-order valence-electron chi connectivity index (χ4n) is 3.01. The van der Waals surface area contributed by atoms with E-state index in [0.717, 1.165) is 11.1 Å². The Morgan fingerprint density at radius 3 is 2.55 bits per heavy atom. The molecule has 0 aliphatic heterocycles. The summed E-state index contributed by atoms with van der Waals surface area (Å²) in [6.07, 6.45) is 0.153. The molecule has 1 heterocycles. The number of fused-ring (bicyclic) bond motifs is 1. The van der Waals surface area contributed by atoms with Gasteiger partial charge in [0, 0.05) is 17.5 Å². The molecule has 0 aliphatic carbocycles. The van der Waals surface area contributed by atoms with Crippen molar-refractivity contribution in [3.05, 3.63) is 75.1 Å². The molecule has 3 rings (SSSR count). The van der Waals surface area contributed by atoms with Gasteiger partial charge in [0.1, 0.15) is 18.2 Å². The van der Waals surface area contributed by atoms with Crippen molar-refractivity contribution in [2.24, 2.45) is 0 Å². The van der Waals surface area contributed by atoms with Crippen LogP contribution in [0.25, 0.3) is 11.0 Å². The number of nitrogens with one attached hydrogen (secondary N) is 1. The molecular weight excluding hydrogens is 422 g/mol. The lowest BCUT2D eigenvalue weighted by Gasteiger charge is -2.16. The molecule has 0 radical (unpaired) electrons. The molecule has 8 heteroatoms. The molecular formula is C23H22ClNO6. The van der Waals surface area contributed by atoms with E-state index >= 15 is 0 Å². The summed E-state index contributed by atoms with van der Waals surface area (Å²) in [7, 11) is 0. The first-order valence-corrected chi connectivity index (χ1v) is 10.2. The Labute approximate surface area is 183 Å². The van der Waals surface area contributed by atoms with E-state index in [1.54, 1.807) is 13.0 Å². The van der Waals surface area contributed by atoms with Crippen LogP contribution < -0.4 is 15.7 Å². The number of hydrogen-bond acceptors (Lipinski definition) is 6. The van der Waals surface area contributed by atoms with Crippen LogP contribution in [0.5, 0.6) is 5.75 Å². The minimum Gasteiger partial charge on any atom is -0.445 e. The van der Waals surface area contributed by atoms with Gasteiger partial charge in [-0.25, -0.2) is 14.4 Å². The van der Waals surface area contributed by atoms with Crippen molar-refractivity contribution in [2.45, 2.75) is 39.3 Å². The van der Waals surface area contributed by atoms with Crippen molar-refractivity contribution in [2.75, 3.05) is 0 Å². The number of ether oxygens (including phenoxy) is 2.